The molecule has 20 heavy (non-hydrogen) atoms. The van der Waals surface area contributed by atoms with Crippen molar-refractivity contribution in [3.05, 3.63) is 53.6 Å². The van der Waals surface area contributed by atoms with Gasteiger partial charge in [-0.05, 0) is 35.9 Å². The molecule has 0 heterocycles. The summed E-state index contributed by atoms with van der Waals surface area (Å²) in [6.45, 7) is 0.303. The molecule has 0 radical (unpaired) electrons. The second kappa shape index (κ2) is 5.97. The van der Waals surface area contributed by atoms with Gasteiger partial charge in [0.25, 0.3) is 0 Å². The smallest absolute Gasteiger partial charge is 0.335 e. The molecule has 0 aromatic heterocycles. The van der Waals surface area contributed by atoms with Gasteiger partial charge < -0.3 is 20.3 Å². The van der Waals surface area contributed by atoms with Crippen molar-refractivity contribution in [2.75, 3.05) is 12.8 Å². The molecule has 2 aromatic rings. The quantitative estimate of drug-likeness (QED) is 0.818. The number of nitrogens with two attached hydrogens (primary N) is 1. The number of methoxy groups -OCH3 is 1. The molecular weight excluding hydrogens is 258 g/mol. The Balaban J connectivity index is 2.09. The number of ether oxygens (including phenoxy) is 2. The normalized spacial score (nSPS) is 10.1. The maximum Gasteiger partial charge on any atom is 0.335 e. The van der Waals surface area contributed by atoms with E-state index in [9.17, 15) is 4.79 Å². The van der Waals surface area contributed by atoms with Crippen molar-refractivity contribution in [3.8, 4) is 11.5 Å². The van der Waals surface area contributed by atoms with Crippen molar-refractivity contribution < 1.29 is 19.4 Å². The highest BCUT2D eigenvalue weighted by Gasteiger charge is 2.08. The molecule has 0 saturated carbocycles. The molecule has 0 unspecified atom stereocenters. The lowest BCUT2D eigenvalue weighted by molar-refractivity contribution is 0.0696. The molecule has 104 valence electrons. The van der Waals surface area contributed by atoms with E-state index in [4.69, 9.17) is 20.3 Å². The van der Waals surface area contributed by atoms with Crippen molar-refractivity contribution in [1.29, 1.82) is 0 Å². The Hall–Kier alpha value is -2.69. The van der Waals surface area contributed by atoms with Gasteiger partial charge in [0.1, 0.15) is 18.1 Å². The molecule has 0 aliphatic heterocycles. The topological polar surface area (TPSA) is 81.8 Å². The summed E-state index contributed by atoms with van der Waals surface area (Å²) in [7, 11) is 1.60. The van der Waals surface area contributed by atoms with Crippen LogP contribution in [0.5, 0.6) is 11.5 Å². The zero-order chi connectivity index (χ0) is 14.5. The summed E-state index contributed by atoms with van der Waals surface area (Å²) < 4.78 is 10.6. The van der Waals surface area contributed by atoms with Crippen molar-refractivity contribution in [2.45, 2.75) is 6.61 Å². The fraction of sp³-hybridized carbons (Fsp3) is 0.133. The molecule has 2 aromatic carbocycles. The third-order valence-electron chi connectivity index (χ3n) is 2.81. The Kier molecular flexibility index (Phi) is 4.10. The van der Waals surface area contributed by atoms with Gasteiger partial charge in [-0.2, -0.15) is 0 Å². The first-order valence-corrected chi connectivity index (χ1v) is 5.98. The van der Waals surface area contributed by atoms with Crippen LogP contribution in [0.1, 0.15) is 15.9 Å². The van der Waals surface area contributed by atoms with Gasteiger partial charge in [0, 0.05) is 0 Å². The highest BCUT2D eigenvalue weighted by molar-refractivity contribution is 5.89. The first kappa shape index (κ1) is 13.7. The molecule has 0 aliphatic rings. The van der Waals surface area contributed by atoms with Gasteiger partial charge in [-0.3, -0.25) is 0 Å². The van der Waals surface area contributed by atoms with Gasteiger partial charge in [-0.25, -0.2) is 4.79 Å². The maximum absolute atomic E-state index is 10.9. The lowest BCUT2D eigenvalue weighted by atomic mass is 10.2. The van der Waals surface area contributed by atoms with Crippen LogP contribution >= 0.6 is 0 Å². The number of hydrogen-bond acceptors (Lipinski definition) is 4. The summed E-state index contributed by atoms with van der Waals surface area (Å²) in [5, 5.41) is 8.93. The average molecular weight is 273 g/mol. The predicted molar refractivity (Wildman–Crippen MR) is 75.1 cm³/mol. The number of carbonyl (C=O) groups is 1. The van der Waals surface area contributed by atoms with Crippen LogP contribution in [0.4, 0.5) is 5.69 Å². The summed E-state index contributed by atoms with van der Waals surface area (Å²) >= 11 is 0. The molecule has 0 fully saturated rings. The first-order valence-electron chi connectivity index (χ1n) is 5.98. The highest BCUT2D eigenvalue weighted by atomic mass is 16.5. The molecular formula is C15H15NO4. The van der Waals surface area contributed by atoms with Crippen LogP contribution in [-0.2, 0) is 6.61 Å². The highest BCUT2D eigenvalue weighted by Crippen LogP contribution is 2.24. The minimum absolute atomic E-state index is 0.143. The number of anilines is 1. The fourth-order valence-electron chi connectivity index (χ4n) is 1.68. The minimum atomic E-state index is -1.01. The van der Waals surface area contributed by atoms with Crippen molar-refractivity contribution in [2.24, 2.45) is 0 Å². The predicted octanol–water partition coefficient (Wildman–Crippen LogP) is 2.55. The largest absolute Gasteiger partial charge is 0.497 e. The number of nitrogen functional groups attached to an aromatic ring is 1. The van der Waals surface area contributed by atoms with E-state index in [1.54, 1.807) is 7.11 Å². The Morgan fingerprint density at radius 1 is 1.20 bits per heavy atom. The number of carboxylic acid groups (broad SMARTS) is 1. The van der Waals surface area contributed by atoms with Crippen LogP contribution < -0.4 is 15.2 Å². The molecule has 0 atom stereocenters. The molecule has 0 amide bonds. The number of rotatable bonds is 5. The minimum Gasteiger partial charge on any atom is -0.497 e. The van der Waals surface area contributed by atoms with E-state index in [-0.39, 0.29) is 5.56 Å². The Bertz CT molecular complexity index is 608. The van der Waals surface area contributed by atoms with E-state index in [2.05, 4.69) is 0 Å². The van der Waals surface area contributed by atoms with Crippen molar-refractivity contribution >= 4 is 11.7 Å². The SMILES string of the molecule is COc1ccc(COc2cc(C(=O)O)ccc2N)cc1. The fourth-order valence-corrected chi connectivity index (χ4v) is 1.68. The van der Waals surface area contributed by atoms with Gasteiger partial charge >= 0.3 is 5.97 Å². The molecule has 2 rings (SSSR count). The molecule has 0 aliphatic carbocycles. The molecule has 0 bridgehead atoms. The monoisotopic (exact) mass is 273 g/mol. The van der Waals surface area contributed by atoms with E-state index in [0.29, 0.717) is 18.0 Å². The van der Waals surface area contributed by atoms with Gasteiger partial charge in [-0.15, -0.1) is 0 Å². The van der Waals surface area contributed by atoms with E-state index < -0.39 is 5.97 Å². The molecule has 5 heteroatoms. The van der Waals surface area contributed by atoms with Crippen LogP contribution in [0.25, 0.3) is 0 Å². The Labute approximate surface area is 116 Å². The molecule has 5 nitrogen and oxygen atoms in total. The second-order valence-electron chi connectivity index (χ2n) is 4.19. The zero-order valence-corrected chi connectivity index (χ0v) is 11.0. The molecule has 0 saturated heterocycles. The van der Waals surface area contributed by atoms with Gasteiger partial charge in [0.2, 0.25) is 0 Å². The lowest BCUT2D eigenvalue weighted by Crippen LogP contribution is -2.02. The summed E-state index contributed by atoms with van der Waals surface area (Å²) in [6, 6.07) is 11.8. The van der Waals surface area contributed by atoms with Crippen LogP contribution in [0.3, 0.4) is 0 Å². The summed E-state index contributed by atoms with van der Waals surface area (Å²) in [4.78, 5) is 10.9. The van der Waals surface area contributed by atoms with Crippen LogP contribution in [0.2, 0.25) is 0 Å². The molecule has 0 spiro atoms. The van der Waals surface area contributed by atoms with Crippen molar-refractivity contribution in [3.63, 3.8) is 0 Å². The summed E-state index contributed by atoms with van der Waals surface area (Å²) in [6.07, 6.45) is 0. The van der Waals surface area contributed by atoms with Crippen LogP contribution in [-0.4, -0.2) is 18.2 Å². The van der Waals surface area contributed by atoms with E-state index in [1.807, 2.05) is 24.3 Å². The maximum atomic E-state index is 10.9. The Morgan fingerprint density at radius 2 is 1.90 bits per heavy atom. The van der Waals surface area contributed by atoms with Gasteiger partial charge in [-0.1, -0.05) is 12.1 Å². The lowest BCUT2D eigenvalue weighted by Gasteiger charge is -2.10. The third kappa shape index (κ3) is 3.20. The van der Waals surface area contributed by atoms with Crippen molar-refractivity contribution in [1.82, 2.24) is 0 Å². The number of aromatic carboxylic acids is 1. The van der Waals surface area contributed by atoms with E-state index in [1.165, 1.54) is 18.2 Å². The number of carboxylic acids is 1. The van der Waals surface area contributed by atoms with Gasteiger partial charge in [0.15, 0.2) is 0 Å². The van der Waals surface area contributed by atoms with Gasteiger partial charge in [0.05, 0.1) is 18.4 Å². The van der Waals surface area contributed by atoms with Crippen LogP contribution in [0, 0.1) is 0 Å². The van der Waals surface area contributed by atoms with E-state index >= 15 is 0 Å². The average Bonchev–Trinajstić information content (AvgIpc) is 2.46. The third-order valence-corrected chi connectivity index (χ3v) is 2.81. The number of benzene rings is 2. The Morgan fingerprint density at radius 3 is 2.50 bits per heavy atom. The second-order valence-corrected chi connectivity index (χ2v) is 4.19. The van der Waals surface area contributed by atoms with Crippen LogP contribution in [0.15, 0.2) is 42.5 Å². The van der Waals surface area contributed by atoms with E-state index in [0.717, 1.165) is 11.3 Å². The zero-order valence-electron chi connectivity index (χ0n) is 11.0. The molecule has 3 N–H and O–H groups in total. The first-order chi connectivity index (χ1) is 9.60. The standard InChI is InChI=1S/C15H15NO4/c1-19-12-5-2-10(3-6-12)9-20-14-8-11(15(17)18)4-7-13(14)16/h2-8H,9,16H2,1H3,(H,17,18). The summed E-state index contributed by atoms with van der Waals surface area (Å²) in [5.74, 6) is 0.112. The number of hydrogen-bond donors (Lipinski definition) is 2. The summed E-state index contributed by atoms with van der Waals surface area (Å²) in [5.41, 5.74) is 7.25.